The molecular formula is C16H24N4O5. The van der Waals surface area contributed by atoms with Gasteiger partial charge in [0.25, 0.3) is 5.69 Å². The van der Waals surface area contributed by atoms with Gasteiger partial charge in [-0.2, -0.15) is 0 Å². The summed E-state index contributed by atoms with van der Waals surface area (Å²) in [6.45, 7) is 7.53. The number of amides is 2. The number of non-ortho nitro benzene ring substituents is 1. The second-order valence-electron chi connectivity index (χ2n) is 6.39. The molecule has 0 aliphatic heterocycles. The summed E-state index contributed by atoms with van der Waals surface area (Å²) >= 11 is 0. The van der Waals surface area contributed by atoms with E-state index in [1.54, 1.807) is 39.8 Å². The molecule has 25 heavy (non-hydrogen) atoms. The highest BCUT2D eigenvalue weighted by molar-refractivity contribution is 5.85. The smallest absolute Gasteiger partial charge is 0.408 e. The highest BCUT2D eigenvalue weighted by Crippen LogP contribution is 2.14. The molecule has 0 spiro atoms. The topological polar surface area (TPSA) is 123 Å². The van der Waals surface area contributed by atoms with Gasteiger partial charge in [-0.1, -0.05) is 0 Å². The molecule has 0 aliphatic rings. The number of nitrogens with zero attached hydrogens (tertiary/aromatic N) is 1. The van der Waals surface area contributed by atoms with Gasteiger partial charge in [-0.3, -0.25) is 14.9 Å². The van der Waals surface area contributed by atoms with Crippen molar-refractivity contribution in [2.75, 3.05) is 18.4 Å². The molecule has 0 heterocycles. The number of carbonyl (C=O) groups is 2. The number of alkyl carbamates (subject to hydrolysis) is 1. The van der Waals surface area contributed by atoms with Crippen LogP contribution in [0.2, 0.25) is 0 Å². The number of hydrogen-bond acceptors (Lipinski definition) is 6. The third-order valence-corrected chi connectivity index (χ3v) is 2.96. The first-order chi connectivity index (χ1) is 11.6. The number of nitro groups is 1. The Kier molecular flexibility index (Phi) is 7.16. The molecule has 138 valence electrons. The summed E-state index contributed by atoms with van der Waals surface area (Å²) < 4.78 is 5.08. The van der Waals surface area contributed by atoms with Crippen LogP contribution in [0, 0.1) is 10.1 Å². The average molecular weight is 352 g/mol. The van der Waals surface area contributed by atoms with Crippen LogP contribution in [0.4, 0.5) is 16.2 Å². The van der Waals surface area contributed by atoms with E-state index in [-0.39, 0.29) is 11.6 Å². The standard InChI is InChI=1S/C16H24N4O5/c1-11(19-15(22)25-16(2,3)4)14(21)18-10-9-17-12-5-7-13(8-6-12)20(23)24/h5-8,11,17H,9-10H2,1-4H3,(H,18,21)(H,19,22). The maximum Gasteiger partial charge on any atom is 0.408 e. The average Bonchev–Trinajstić information content (AvgIpc) is 2.49. The maximum atomic E-state index is 11.9. The third-order valence-electron chi connectivity index (χ3n) is 2.96. The van der Waals surface area contributed by atoms with E-state index in [9.17, 15) is 19.7 Å². The van der Waals surface area contributed by atoms with E-state index in [2.05, 4.69) is 16.0 Å². The predicted molar refractivity (Wildman–Crippen MR) is 93.4 cm³/mol. The van der Waals surface area contributed by atoms with Gasteiger partial charge in [0.2, 0.25) is 5.91 Å². The highest BCUT2D eigenvalue weighted by Gasteiger charge is 2.20. The fourth-order valence-corrected chi connectivity index (χ4v) is 1.80. The summed E-state index contributed by atoms with van der Waals surface area (Å²) in [5, 5.41) is 18.7. The molecule has 1 unspecified atom stereocenters. The molecule has 0 fully saturated rings. The molecule has 3 N–H and O–H groups in total. The van der Waals surface area contributed by atoms with Gasteiger partial charge in [-0.25, -0.2) is 4.79 Å². The number of rotatable bonds is 7. The van der Waals surface area contributed by atoms with E-state index in [1.807, 2.05) is 0 Å². The Morgan fingerprint density at radius 2 is 1.80 bits per heavy atom. The molecule has 1 rings (SSSR count). The van der Waals surface area contributed by atoms with Gasteiger partial charge >= 0.3 is 6.09 Å². The zero-order valence-electron chi connectivity index (χ0n) is 14.8. The fraction of sp³-hybridized carbons (Fsp3) is 0.500. The molecule has 1 aromatic carbocycles. The molecule has 1 atom stereocenters. The van der Waals surface area contributed by atoms with E-state index in [4.69, 9.17) is 4.74 Å². The molecule has 0 radical (unpaired) electrons. The van der Waals surface area contributed by atoms with Crippen molar-refractivity contribution in [1.82, 2.24) is 10.6 Å². The quantitative estimate of drug-likeness (QED) is 0.392. The zero-order valence-corrected chi connectivity index (χ0v) is 14.8. The molecule has 9 heteroatoms. The van der Waals surface area contributed by atoms with Crippen molar-refractivity contribution < 1.29 is 19.2 Å². The Morgan fingerprint density at radius 3 is 2.32 bits per heavy atom. The minimum absolute atomic E-state index is 0.0147. The van der Waals surface area contributed by atoms with Crippen molar-refractivity contribution >= 4 is 23.4 Å². The van der Waals surface area contributed by atoms with Crippen LogP contribution in [0.1, 0.15) is 27.7 Å². The summed E-state index contributed by atoms with van der Waals surface area (Å²) in [5.41, 5.74) is 0.0928. The van der Waals surface area contributed by atoms with Gasteiger partial charge in [0.15, 0.2) is 0 Å². The second-order valence-corrected chi connectivity index (χ2v) is 6.39. The fourth-order valence-electron chi connectivity index (χ4n) is 1.80. The van der Waals surface area contributed by atoms with Gasteiger partial charge in [0.1, 0.15) is 11.6 Å². The van der Waals surface area contributed by atoms with Crippen LogP contribution >= 0.6 is 0 Å². The van der Waals surface area contributed by atoms with Crippen molar-refractivity contribution in [1.29, 1.82) is 0 Å². The monoisotopic (exact) mass is 352 g/mol. The van der Waals surface area contributed by atoms with Crippen molar-refractivity contribution in [3.63, 3.8) is 0 Å². The number of nitrogens with one attached hydrogen (secondary N) is 3. The lowest BCUT2D eigenvalue weighted by molar-refractivity contribution is -0.384. The van der Waals surface area contributed by atoms with E-state index < -0.39 is 22.7 Å². The van der Waals surface area contributed by atoms with Crippen LogP contribution in [0.3, 0.4) is 0 Å². The van der Waals surface area contributed by atoms with Crippen LogP contribution in [0.5, 0.6) is 0 Å². The largest absolute Gasteiger partial charge is 0.444 e. The molecule has 0 saturated heterocycles. The van der Waals surface area contributed by atoms with E-state index in [0.29, 0.717) is 18.8 Å². The number of carbonyl (C=O) groups excluding carboxylic acids is 2. The molecule has 0 saturated carbocycles. The number of nitro benzene ring substituents is 1. The van der Waals surface area contributed by atoms with Gasteiger partial charge in [-0.05, 0) is 39.8 Å². The molecule has 0 aromatic heterocycles. The molecule has 2 amide bonds. The number of benzene rings is 1. The van der Waals surface area contributed by atoms with Crippen molar-refractivity contribution in [3.8, 4) is 0 Å². The second kappa shape index (κ2) is 8.86. The van der Waals surface area contributed by atoms with Gasteiger partial charge in [0, 0.05) is 30.9 Å². The Balaban J connectivity index is 2.29. The lowest BCUT2D eigenvalue weighted by atomic mass is 10.2. The van der Waals surface area contributed by atoms with Crippen LogP contribution in [0.25, 0.3) is 0 Å². The van der Waals surface area contributed by atoms with Crippen molar-refractivity contribution in [3.05, 3.63) is 34.4 Å². The number of anilines is 1. The summed E-state index contributed by atoms with van der Waals surface area (Å²) in [5.74, 6) is -0.337. The first kappa shape index (κ1) is 20.2. The zero-order chi connectivity index (χ0) is 19.0. The molecule has 0 aliphatic carbocycles. The maximum absolute atomic E-state index is 11.9. The van der Waals surface area contributed by atoms with Crippen LogP contribution in [-0.2, 0) is 9.53 Å². The minimum Gasteiger partial charge on any atom is -0.444 e. The summed E-state index contributed by atoms with van der Waals surface area (Å²) in [7, 11) is 0. The molecule has 0 bridgehead atoms. The van der Waals surface area contributed by atoms with Gasteiger partial charge in [0.05, 0.1) is 4.92 Å². The van der Waals surface area contributed by atoms with E-state index >= 15 is 0 Å². The lowest BCUT2D eigenvalue weighted by Crippen LogP contribution is -2.47. The van der Waals surface area contributed by atoms with E-state index in [1.165, 1.54) is 12.1 Å². The summed E-state index contributed by atoms with van der Waals surface area (Å²) in [4.78, 5) is 33.6. The first-order valence-corrected chi connectivity index (χ1v) is 7.84. The summed E-state index contributed by atoms with van der Waals surface area (Å²) in [6, 6.07) is 5.25. The SMILES string of the molecule is CC(NC(=O)OC(C)(C)C)C(=O)NCCNc1ccc([N+](=O)[O-])cc1. The first-order valence-electron chi connectivity index (χ1n) is 7.84. The minimum atomic E-state index is -0.728. The lowest BCUT2D eigenvalue weighted by Gasteiger charge is -2.21. The van der Waals surface area contributed by atoms with Crippen molar-refractivity contribution in [2.24, 2.45) is 0 Å². The van der Waals surface area contributed by atoms with Crippen molar-refractivity contribution in [2.45, 2.75) is 39.3 Å². The number of hydrogen-bond donors (Lipinski definition) is 3. The summed E-state index contributed by atoms with van der Waals surface area (Å²) in [6.07, 6.45) is -0.654. The Labute approximate surface area is 146 Å². The third kappa shape index (κ3) is 8.00. The Morgan fingerprint density at radius 1 is 1.20 bits per heavy atom. The van der Waals surface area contributed by atoms with Crippen LogP contribution in [-0.4, -0.2) is 41.7 Å². The van der Waals surface area contributed by atoms with E-state index in [0.717, 1.165) is 0 Å². The van der Waals surface area contributed by atoms with Crippen LogP contribution in [0.15, 0.2) is 24.3 Å². The Bertz CT molecular complexity index is 610. The number of ether oxygens (including phenoxy) is 1. The Hall–Kier alpha value is -2.84. The predicted octanol–water partition coefficient (Wildman–Crippen LogP) is 2.04. The molecule has 9 nitrogen and oxygen atoms in total. The normalized spacial score (nSPS) is 12.0. The van der Waals surface area contributed by atoms with Gasteiger partial charge in [-0.15, -0.1) is 0 Å². The molecular weight excluding hydrogens is 328 g/mol. The van der Waals surface area contributed by atoms with Gasteiger partial charge < -0.3 is 20.7 Å². The van der Waals surface area contributed by atoms with Crippen LogP contribution < -0.4 is 16.0 Å². The highest BCUT2D eigenvalue weighted by atomic mass is 16.6. The molecule has 1 aromatic rings.